The molecular weight excluding hydrogens is 267 g/mol. The molecule has 0 saturated carbocycles. The Bertz CT molecular complexity index is 402. The molecule has 0 aliphatic carbocycles. The van der Waals surface area contributed by atoms with Crippen LogP contribution in [0.4, 0.5) is 4.39 Å². The van der Waals surface area contributed by atoms with Crippen molar-refractivity contribution in [1.29, 1.82) is 0 Å². The van der Waals surface area contributed by atoms with Crippen molar-refractivity contribution in [3.8, 4) is 0 Å². The van der Waals surface area contributed by atoms with Gasteiger partial charge in [-0.05, 0) is 17.7 Å². The molecule has 0 amide bonds. The van der Waals surface area contributed by atoms with Crippen LogP contribution < -0.4 is 11.3 Å². The first-order valence-corrected chi connectivity index (χ1v) is 8.09. The lowest BCUT2D eigenvalue weighted by molar-refractivity contribution is 0.542. The highest BCUT2D eigenvalue weighted by atomic mass is 32.2. The van der Waals surface area contributed by atoms with E-state index in [1.54, 1.807) is 12.1 Å². The second-order valence-electron chi connectivity index (χ2n) is 4.62. The van der Waals surface area contributed by atoms with Crippen molar-refractivity contribution in [2.45, 2.75) is 35.6 Å². The fourth-order valence-corrected chi connectivity index (χ4v) is 5.20. The van der Waals surface area contributed by atoms with E-state index in [9.17, 15) is 4.39 Å². The molecule has 18 heavy (non-hydrogen) atoms. The number of halogens is 1. The van der Waals surface area contributed by atoms with E-state index in [-0.39, 0.29) is 11.9 Å². The van der Waals surface area contributed by atoms with Crippen molar-refractivity contribution < 1.29 is 4.39 Å². The molecule has 1 aromatic rings. The quantitative estimate of drug-likeness (QED) is 0.662. The fraction of sp³-hybridized carbons (Fsp3) is 0.538. The zero-order valence-corrected chi connectivity index (χ0v) is 12.2. The maximum atomic E-state index is 13.3. The molecule has 0 spiro atoms. The molecule has 1 aliphatic rings. The summed E-state index contributed by atoms with van der Waals surface area (Å²) in [7, 11) is 0. The number of hydrazine groups is 1. The van der Waals surface area contributed by atoms with E-state index in [0.717, 1.165) is 11.3 Å². The molecule has 0 radical (unpaired) electrons. The average Bonchev–Trinajstić information content (AvgIpc) is 2.35. The lowest BCUT2D eigenvalue weighted by Crippen LogP contribution is -2.40. The minimum atomic E-state index is -0.206. The molecule has 2 nitrogen and oxygen atoms in total. The Hall–Kier alpha value is -0.230. The first-order chi connectivity index (χ1) is 8.61. The lowest BCUT2D eigenvalue weighted by atomic mass is 10.0. The van der Waals surface area contributed by atoms with Gasteiger partial charge in [0.1, 0.15) is 5.82 Å². The summed E-state index contributed by atoms with van der Waals surface area (Å²) < 4.78 is 13.3. The van der Waals surface area contributed by atoms with E-state index in [1.165, 1.54) is 6.07 Å². The van der Waals surface area contributed by atoms with Gasteiger partial charge in [0.2, 0.25) is 0 Å². The Labute approximate surface area is 116 Å². The van der Waals surface area contributed by atoms with Crippen LogP contribution in [0.3, 0.4) is 0 Å². The summed E-state index contributed by atoms with van der Waals surface area (Å²) in [5.41, 5.74) is 3.78. The van der Waals surface area contributed by atoms with Gasteiger partial charge in [-0.1, -0.05) is 26.0 Å². The number of hydrogen-bond donors (Lipinski definition) is 2. The molecule has 1 fully saturated rings. The number of rotatable bonds is 3. The lowest BCUT2D eigenvalue weighted by Gasteiger charge is -2.35. The average molecular weight is 286 g/mol. The third-order valence-electron chi connectivity index (χ3n) is 3.33. The largest absolute Gasteiger partial charge is 0.271 e. The van der Waals surface area contributed by atoms with Crippen LogP contribution in [0.1, 0.15) is 25.5 Å². The van der Waals surface area contributed by atoms with Crippen LogP contribution in [0.15, 0.2) is 24.3 Å². The van der Waals surface area contributed by atoms with Gasteiger partial charge in [-0.3, -0.25) is 11.3 Å². The number of nitrogens with one attached hydrogen (secondary N) is 1. The van der Waals surface area contributed by atoms with E-state index in [2.05, 4.69) is 19.3 Å². The van der Waals surface area contributed by atoms with E-state index >= 15 is 0 Å². The van der Waals surface area contributed by atoms with Crippen molar-refractivity contribution in [2.75, 3.05) is 5.75 Å². The maximum absolute atomic E-state index is 13.3. The second kappa shape index (κ2) is 6.28. The number of benzene rings is 1. The van der Waals surface area contributed by atoms with Crippen LogP contribution in [-0.2, 0) is 0 Å². The Kier molecular flexibility index (Phi) is 4.95. The summed E-state index contributed by atoms with van der Waals surface area (Å²) in [5, 5.41) is 1.64. The summed E-state index contributed by atoms with van der Waals surface area (Å²) in [6.45, 7) is 4.50. The monoisotopic (exact) mass is 286 g/mol. The third kappa shape index (κ3) is 3.20. The summed E-state index contributed by atoms with van der Waals surface area (Å²) >= 11 is 3.91. The zero-order chi connectivity index (χ0) is 13.1. The Morgan fingerprint density at radius 1 is 1.39 bits per heavy atom. The fourth-order valence-electron chi connectivity index (χ4n) is 2.10. The molecule has 1 aromatic carbocycles. The van der Waals surface area contributed by atoms with Gasteiger partial charge in [0.05, 0.1) is 6.04 Å². The molecule has 4 unspecified atom stereocenters. The molecule has 1 heterocycles. The van der Waals surface area contributed by atoms with Gasteiger partial charge in [0.15, 0.2) is 0 Å². The molecule has 0 bridgehead atoms. The van der Waals surface area contributed by atoms with Gasteiger partial charge in [-0.2, -0.15) is 23.5 Å². The molecule has 100 valence electrons. The van der Waals surface area contributed by atoms with E-state index in [4.69, 9.17) is 5.84 Å². The highest BCUT2D eigenvalue weighted by Crippen LogP contribution is 2.40. The molecule has 1 saturated heterocycles. The second-order valence-corrected chi connectivity index (χ2v) is 7.65. The minimum absolute atomic E-state index is 0.00755. The van der Waals surface area contributed by atoms with Crippen molar-refractivity contribution in [2.24, 2.45) is 5.84 Å². The van der Waals surface area contributed by atoms with Crippen LogP contribution in [0.25, 0.3) is 0 Å². The predicted molar refractivity (Wildman–Crippen MR) is 79.2 cm³/mol. The summed E-state index contributed by atoms with van der Waals surface area (Å²) in [5.74, 6) is 6.51. The topological polar surface area (TPSA) is 38.0 Å². The molecule has 5 heteroatoms. The highest BCUT2D eigenvalue weighted by molar-refractivity contribution is 8.07. The van der Waals surface area contributed by atoms with Gasteiger partial charge in [-0.15, -0.1) is 0 Å². The maximum Gasteiger partial charge on any atom is 0.123 e. The van der Waals surface area contributed by atoms with Crippen molar-refractivity contribution in [3.05, 3.63) is 35.6 Å². The normalized spacial score (nSPS) is 30.1. The van der Waals surface area contributed by atoms with Crippen LogP contribution in [-0.4, -0.2) is 21.5 Å². The zero-order valence-electron chi connectivity index (χ0n) is 10.6. The molecule has 3 N–H and O–H groups in total. The van der Waals surface area contributed by atoms with Crippen LogP contribution in [0, 0.1) is 5.82 Å². The van der Waals surface area contributed by atoms with Crippen molar-refractivity contribution in [3.63, 3.8) is 0 Å². The number of hydrogen-bond acceptors (Lipinski definition) is 4. The van der Waals surface area contributed by atoms with E-state index in [1.807, 2.05) is 29.6 Å². The smallest absolute Gasteiger partial charge is 0.123 e. The van der Waals surface area contributed by atoms with Crippen molar-refractivity contribution in [1.82, 2.24) is 5.43 Å². The van der Waals surface area contributed by atoms with E-state index < -0.39 is 0 Å². The van der Waals surface area contributed by atoms with Crippen LogP contribution in [0.5, 0.6) is 0 Å². The molecule has 1 aliphatic heterocycles. The highest BCUT2D eigenvalue weighted by Gasteiger charge is 2.31. The number of thioether (sulfide) groups is 2. The van der Waals surface area contributed by atoms with Gasteiger partial charge in [0, 0.05) is 21.5 Å². The van der Waals surface area contributed by atoms with Crippen molar-refractivity contribution >= 4 is 23.5 Å². The van der Waals surface area contributed by atoms with Crippen LogP contribution in [0.2, 0.25) is 0 Å². The summed E-state index contributed by atoms with van der Waals surface area (Å²) in [6, 6.07) is 6.71. The Morgan fingerprint density at radius 2 is 2.17 bits per heavy atom. The van der Waals surface area contributed by atoms with E-state index in [0.29, 0.717) is 15.7 Å². The van der Waals surface area contributed by atoms with Gasteiger partial charge in [-0.25, -0.2) is 4.39 Å². The molecule has 2 rings (SSSR count). The van der Waals surface area contributed by atoms with Gasteiger partial charge in [0.25, 0.3) is 0 Å². The summed E-state index contributed by atoms with van der Waals surface area (Å²) in [4.78, 5) is 0. The molecule has 0 aromatic heterocycles. The van der Waals surface area contributed by atoms with Crippen LogP contribution >= 0.6 is 23.5 Å². The molecular formula is C13H19FN2S2. The summed E-state index contributed by atoms with van der Waals surface area (Å²) in [6.07, 6.45) is 0. The SMILES string of the molecule is CC1SCC(C(NN)c2cccc(F)c2)SC1C. The Morgan fingerprint density at radius 3 is 2.78 bits per heavy atom. The van der Waals surface area contributed by atoms with Gasteiger partial charge >= 0.3 is 0 Å². The first-order valence-electron chi connectivity index (χ1n) is 6.10. The number of nitrogens with two attached hydrogens (primary N) is 1. The minimum Gasteiger partial charge on any atom is -0.271 e. The standard InChI is InChI=1S/C13H19FN2S2/c1-8-9(2)18-12(7-17-8)13(16-15)10-4-3-5-11(14)6-10/h3-6,8-9,12-13,16H,7,15H2,1-2H3. The first kappa shape index (κ1) is 14.2. The molecule has 4 atom stereocenters. The predicted octanol–water partition coefficient (Wildman–Crippen LogP) is 2.96. The third-order valence-corrected chi connectivity index (χ3v) is 6.83. The van der Waals surface area contributed by atoms with Gasteiger partial charge < -0.3 is 0 Å². The Balaban J connectivity index is 2.14.